The fourth-order valence-electron chi connectivity index (χ4n) is 3.53. The second-order valence-electron chi connectivity index (χ2n) is 7.00. The van der Waals surface area contributed by atoms with Crippen molar-refractivity contribution in [1.29, 1.82) is 0 Å². The molecule has 1 unspecified atom stereocenters. The van der Waals surface area contributed by atoms with E-state index in [0.29, 0.717) is 5.02 Å². The summed E-state index contributed by atoms with van der Waals surface area (Å²) in [4.78, 5) is 16.2. The molecule has 0 saturated heterocycles. The highest BCUT2D eigenvalue weighted by molar-refractivity contribution is 6.31. The molecule has 28 heavy (non-hydrogen) atoms. The third kappa shape index (κ3) is 3.49. The smallest absolute Gasteiger partial charge is 0.227 e. The zero-order valence-electron chi connectivity index (χ0n) is 15.4. The lowest BCUT2D eigenvalue weighted by Crippen LogP contribution is -2.33. The number of nitrogens with one attached hydrogen (secondary N) is 2. The van der Waals surface area contributed by atoms with Gasteiger partial charge in [-0.05, 0) is 42.3 Å². The van der Waals surface area contributed by atoms with Gasteiger partial charge in [-0.15, -0.1) is 0 Å². The summed E-state index contributed by atoms with van der Waals surface area (Å²) in [5.41, 5.74) is 3.77. The van der Waals surface area contributed by atoms with Gasteiger partial charge in [0.05, 0.1) is 18.6 Å². The van der Waals surface area contributed by atoms with Crippen LogP contribution in [0.15, 0.2) is 66.7 Å². The van der Waals surface area contributed by atoms with Gasteiger partial charge in [-0.2, -0.15) is 0 Å². The van der Waals surface area contributed by atoms with Crippen LogP contribution in [0.4, 0.5) is 0 Å². The van der Waals surface area contributed by atoms with Gasteiger partial charge in [0.2, 0.25) is 5.91 Å². The van der Waals surface area contributed by atoms with Crippen molar-refractivity contribution in [1.82, 2.24) is 10.3 Å². The molecule has 142 valence electrons. The lowest BCUT2D eigenvalue weighted by atomic mass is 9.97. The van der Waals surface area contributed by atoms with Crippen LogP contribution >= 0.6 is 11.6 Å². The van der Waals surface area contributed by atoms with Crippen LogP contribution in [0.3, 0.4) is 0 Å². The highest BCUT2D eigenvalue weighted by Gasteiger charge is 2.20. The number of fused-ring (bicyclic) bond motifs is 3. The molecule has 1 amide bonds. The molecule has 0 radical (unpaired) electrons. The lowest BCUT2D eigenvalue weighted by Gasteiger charge is -2.20. The van der Waals surface area contributed by atoms with Crippen molar-refractivity contribution >= 4 is 39.3 Å². The number of halogens is 1. The van der Waals surface area contributed by atoms with E-state index in [0.717, 1.165) is 32.9 Å². The molecule has 0 aliphatic rings. The first-order chi connectivity index (χ1) is 13.6. The average molecular weight is 393 g/mol. The van der Waals surface area contributed by atoms with E-state index in [1.165, 1.54) is 0 Å². The van der Waals surface area contributed by atoms with Crippen LogP contribution in [-0.4, -0.2) is 22.6 Å². The van der Waals surface area contributed by atoms with E-state index in [1.54, 1.807) is 0 Å². The van der Waals surface area contributed by atoms with Crippen molar-refractivity contribution in [2.24, 2.45) is 0 Å². The van der Waals surface area contributed by atoms with Crippen molar-refractivity contribution in [3.8, 4) is 0 Å². The molecule has 0 spiro atoms. The number of hydrogen-bond donors (Lipinski definition) is 3. The van der Waals surface area contributed by atoms with Gasteiger partial charge in [0.15, 0.2) is 0 Å². The minimum absolute atomic E-state index is 0.124. The maximum Gasteiger partial charge on any atom is 0.227 e. The molecule has 0 saturated carbocycles. The number of aliphatic hydroxyl groups is 1. The Bertz CT molecular complexity index is 1140. The number of amides is 1. The van der Waals surface area contributed by atoms with Gasteiger partial charge in [0, 0.05) is 26.8 Å². The summed E-state index contributed by atoms with van der Waals surface area (Å²) in [5.74, 6) is -0.474. The van der Waals surface area contributed by atoms with Gasteiger partial charge in [0.1, 0.15) is 0 Å². The molecule has 1 aromatic heterocycles. The molecule has 0 aliphatic carbocycles. The molecule has 0 fully saturated rings. The Kier molecular flexibility index (Phi) is 5.07. The van der Waals surface area contributed by atoms with Crippen LogP contribution in [0, 0.1) is 0 Å². The van der Waals surface area contributed by atoms with E-state index in [2.05, 4.69) is 10.3 Å². The van der Waals surface area contributed by atoms with Gasteiger partial charge < -0.3 is 15.4 Å². The lowest BCUT2D eigenvalue weighted by molar-refractivity contribution is -0.123. The number of hydrogen-bond acceptors (Lipinski definition) is 2. The van der Waals surface area contributed by atoms with Crippen LogP contribution in [0.1, 0.15) is 30.0 Å². The number of H-pyrrole nitrogens is 1. The van der Waals surface area contributed by atoms with Crippen molar-refractivity contribution in [3.05, 3.63) is 82.9 Å². The normalized spacial score (nSPS) is 13.5. The summed E-state index contributed by atoms with van der Waals surface area (Å²) in [6, 6.07) is 20.8. The first-order valence-electron chi connectivity index (χ1n) is 9.24. The van der Waals surface area contributed by atoms with Gasteiger partial charge >= 0.3 is 0 Å². The molecule has 4 aromatic rings. The fourth-order valence-corrected chi connectivity index (χ4v) is 3.70. The summed E-state index contributed by atoms with van der Waals surface area (Å²) in [6.45, 7) is 1.72. The van der Waals surface area contributed by atoms with E-state index in [4.69, 9.17) is 11.6 Å². The summed E-state index contributed by atoms with van der Waals surface area (Å²) >= 11 is 6.12. The van der Waals surface area contributed by atoms with Gasteiger partial charge in [-0.3, -0.25) is 4.79 Å². The van der Waals surface area contributed by atoms with E-state index >= 15 is 0 Å². The average Bonchev–Trinajstić information content (AvgIpc) is 3.08. The van der Waals surface area contributed by atoms with Gasteiger partial charge in [0.25, 0.3) is 0 Å². The summed E-state index contributed by atoms with van der Waals surface area (Å²) < 4.78 is 0. The number of aromatic amines is 1. The molecule has 0 aliphatic heterocycles. The van der Waals surface area contributed by atoms with Crippen LogP contribution in [0.5, 0.6) is 0 Å². The van der Waals surface area contributed by atoms with E-state index in [1.807, 2.05) is 73.7 Å². The molecule has 4 rings (SSSR count). The van der Waals surface area contributed by atoms with Crippen LogP contribution in [-0.2, 0) is 4.79 Å². The second-order valence-corrected chi connectivity index (χ2v) is 7.43. The minimum atomic E-state index is -0.421. The number of carbonyl (C=O) groups is 1. The number of aromatic nitrogens is 1. The Morgan fingerprint density at radius 3 is 2.54 bits per heavy atom. The molecule has 1 heterocycles. The zero-order valence-corrected chi connectivity index (χ0v) is 16.2. The first kappa shape index (κ1) is 18.5. The third-order valence-corrected chi connectivity index (χ3v) is 5.41. The monoisotopic (exact) mass is 392 g/mol. The Labute approximate surface area is 168 Å². The SMILES string of the molecule is CC(C(=O)N[C@H](CO)c1ccccc1)c1ccc2c(c1)[nH]c1ccc(Cl)cc12. The van der Waals surface area contributed by atoms with Crippen molar-refractivity contribution in [3.63, 3.8) is 0 Å². The Balaban J connectivity index is 1.60. The quantitative estimate of drug-likeness (QED) is 0.451. The number of benzene rings is 3. The van der Waals surface area contributed by atoms with Crippen molar-refractivity contribution in [2.45, 2.75) is 18.9 Å². The molecule has 4 nitrogen and oxygen atoms in total. The largest absolute Gasteiger partial charge is 0.394 e. The predicted octanol–water partition coefficient (Wildman–Crippen LogP) is 4.93. The minimum Gasteiger partial charge on any atom is -0.394 e. The first-order valence-corrected chi connectivity index (χ1v) is 9.61. The molecular weight excluding hydrogens is 372 g/mol. The molecule has 3 N–H and O–H groups in total. The zero-order chi connectivity index (χ0) is 19.7. The van der Waals surface area contributed by atoms with E-state index in [9.17, 15) is 9.90 Å². The number of carbonyl (C=O) groups excluding carboxylic acids is 1. The van der Waals surface area contributed by atoms with Gasteiger partial charge in [-0.25, -0.2) is 0 Å². The van der Waals surface area contributed by atoms with Crippen molar-refractivity contribution in [2.75, 3.05) is 6.61 Å². The third-order valence-electron chi connectivity index (χ3n) is 5.18. The fraction of sp³-hybridized carbons (Fsp3) is 0.174. The predicted molar refractivity (Wildman–Crippen MR) is 114 cm³/mol. The molecule has 5 heteroatoms. The number of rotatable bonds is 5. The maximum absolute atomic E-state index is 12.8. The van der Waals surface area contributed by atoms with Crippen molar-refractivity contribution < 1.29 is 9.90 Å². The Morgan fingerprint density at radius 2 is 1.79 bits per heavy atom. The molecule has 3 aromatic carbocycles. The van der Waals surface area contributed by atoms with E-state index < -0.39 is 6.04 Å². The Morgan fingerprint density at radius 1 is 1.00 bits per heavy atom. The molecule has 2 atom stereocenters. The van der Waals surface area contributed by atoms with Crippen LogP contribution in [0.2, 0.25) is 5.02 Å². The van der Waals surface area contributed by atoms with Crippen LogP contribution < -0.4 is 5.32 Å². The highest BCUT2D eigenvalue weighted by Crippen LogP contribution is 2.30. The summed E-state index contributed by atoms with van der Waals surface area (Å²) in [6.07, 6.45) is 0. The van der Waals surface area contributed by atoms with E-state index in [-0.39, 0.29) is 18.4 Å². The number of aliphatic hydroxyl groups excluding tert-OH is 1. The van der Waals surface area contributed by atoms with Gasteiger partial charge in [-0.1, -0.05) is 54.1 Å². The summed E-state index contributed by atoms with van der Waals surface area (Å²) in [7, 11) is 0. The Hall–Kier alpha value is -2.82. The summed E-state index contributed by atoms with van der Waals surface area (Å²) in [5, 5.41) is 15.5. The molecule has 0 bridgehead atoms. The highest BCUT2D eigenvalue weighted by atomic mass is 35.5. The second kappa shape index (κ2) is 7.66. The van der Waals surface area contributed by atoms with Crippen LogP contribution in [0.25, 0.3) is 21.8 Å². The molecular formula is C23H21ClN2O2. The maximum atomic E-state index is 12.8. The topological polar surface area (TPSA) is 65.1 Å². The standard InChI is InChI=1S/C23H21ClN2O2/c1-14(23(28)26-22(13-27)15-5-3-2-4-6-15)16-7-9-18-19-12-17(24)8-10-20(19)25-21(18)11-16/h2-12,14,22,25,27H,13H2,1H3,(H,26,28)/t14?,22-/m1/s1.